The summed E-state index contributed by atoms with van der Waals surface area (Å²) < 4.78 is 28.3. The Morgan fingerprint density at radius 1 is 0.958 bits per heavy atom. The highest BCUT2D eigenvalue weighted by atomic mass is 31.2. The third kappa shape index (κ3) is 4.41. The van der Waals surface area contributed by atoms with Gasteiger partial charge in [0, 0.05) is 42.7 Å². The number of aromatic hydroxyl groups is 2. The van der Waals surface area contributed by atoms with Crippen LogP contribution in [0.15, 0.2) is 48.2 Å². The summed E-state index contributed by atoms with van der Waals surface area (Å²) in [7, 11) is -1.52. The number of rotatable bonds is 5. The number of para-hydroxylation sites is 1. The van der Waals surface area contributed by atoms with E-state index in [9.17, 15) is 19.6 Å². The number of hydrogen-bond acceptors (Lipinski definition) is 7. The molecule has 7 rings (SSSR count). The van der Waals surface area contributed by atoms with Crippen LogP contribution >= 0.6 is 7.82 Å². The molecule has 0 amide bonds. The summed E-state index contributed by atoms with van der Waals surface area (Å²) in [5, 5.41) is 23.3. The number of benzene rings is 2. The second kappa shape index (κ2) is 10.7. The number of carbonyl (C=O) groups excluding carboxylic acids is 1. The fourth-order valence-electron chi connectivity index (χ4n) is 10.9. The van der Waals surface area contributed by atoms with Gasteiger partial charge in [-0.15, -0.1) is 0 Å². The lowest BCUT2D eigenvalue weighted by molar-refractivity contribution is -0.176. The first-order chi connectivity index (χ1) is 22.5. The Hall–Kier alpha value is -3.06. The lowest BCUT2D eigenvalue weighted by atomic mass is 9.34. The zero-order valence-corrected chi connectivity index (χ0v) is 30.4. The molecule has 48 heavy (non-hydrogen) atoms. The van der Waals surface area contributed by atoms with Crippen LogP contribution in [-0.2, 0) is 28.3 Å². The van der Waals surface area contributed by atoms with Crippen LogP contribution in [0.5, 0.6) is 11.5 Å². The Balaban J connectivity index is 1.38. The minimum atomic E-state index is -3.98. The molecule has 0 aliphatic heterocycles. The van der Waals surface area contributed by atoms with Crippen molar-refractivity contribution in [1.82, 2.24) is 4.98 Å². The van der Waals surface area contributed by atoms with Crippen LogP contribution in [0, 0.1) is 34.5 Å². The molecular formula is C39H50NO7P. The van der Waals surface area contributed by atoms with Gasteiger partial charge in [0.2, 0.25) is 0 Å². The number of phosphoric ester groups is 1. The highest BCUT2D eigenvalue weighted by molar-refractivity contribution is 7.49. The van der Waals surface area contributed by atoms with E-state index in [1.165, 1.54) is 19.8 Å². The molecule has 7 atom stereocenters. The second-order valence-electron chi connectivity index (χ2n) is 16.4. The number of aromatic amines is 1. The third-order valence-electron chi connectivity index (χ3n) is 14.2. The summed E-state index contributed by atoms with van der Waals surface area (Å²) in [6, 6.07) is 10.2. The zero-order valence-electron chi connectivity index (χ0n) is 29.5. The van der Waals surface area contributed by atoms with E-state index in [-0.39, 0.29) is 45.0 Å². The Kier molecular flexibility index (Phi) is 7.47. The van der Waals surface area contributed by atoms with Crippen molar-refractivity contribution in [2.24, 2.45) is 27.6 Å². The SMILES string of the molecule is COP(=O)(OC)OC(=O)[C@]1(C)CC[C@]2(C)CC[C@]3(C)C4=C[C@@H](c5c[nH]c6ccccc56)c5c(cc(O)c(O)c5C)[C@]4(C)CC[C@@]3(C)[C@@H]2C1. The number of fused-ring (bicyclic) bond motifs is 8. The fourth-order valence-corrected chi connectivity index (χ4v) is 11.6. The van der Waals surface area contributed by atoms with E-state index in [1.807, 2.05) is 26.0 Å². The normalized spacial score (nSPS) is 36.0. The van der Waals surface area contributed by atoms with E-state index in [1.54, 1.807) is 0 Å². The van der Waals surface area contributed by atoms with Crippen LogP contribution in [0.4, 0.5) is 0 Å². The standard InChI is InChI=1S/C39H50NO7P/c1-23-32-25(26-22-40-28-12-10-9-11-24(26)28)19-30-37(4,27(32)20-29(41)33(23)42)16-18-39(6)31-21-36(3,34(43)47-48(44,45-7)46-8)14-13-35(31,2)15-17-38(30,39)5/h9-12,19-20,22,25,31,40-42H,13-18,21H2,1-8H3/t25-,31+,35+,36+,37-,38+,39-/m0/s1. The molecule has 4 aliphatic carbocycles. The first-order valence-corrected chi connectivity index (χ1v) is 18.8. The van der Waals surface area contributed by atoms with Gasteiger partial charge in [0.25, 0.3) is 0 Å². The molecule has 3 aromatic rings. The maximum atomic E-state index is 13.8. The summed E-state index contributed by atoms with van der Waals surface area (Å²) in [5.74, 6) is -0.578. The number of allylic oxidation sites excluding steroid dienone is 2. The van der Waals surface area contributed by atoms with Gasteiger partial charge in [-0.1, -0.05) is 57.5 Å². The first-order valence-electron chi connectivity index (χ1n) is 17.3. The third-order valence-corrected chi connectivity index (χ3v) is 15.5. The maximum Gasteiger partial charge on any atom is 0.531 e. The summed E-state index contributed by atoms with van der Waals surface area (Å²) >= 11 is 0. The molecule has 3 saturated carbocycles. The molecule has 0 radical (unpaired) electrons. The van der Waals surface area contributed by atoms with Crippen molar-refractivity contribution in [3.05, 3.63) is 70.4 Å². The predicted molar refractivity (Wildman–Crippen MR) is 186 cm³/mol. The van der Waals surface area contributed by atoms with E-state index in [0.717, 1.165) is 65.3 Å². The van der Waals surface area contributed by atoms with E-state index in [4.69, 9.17) is 13.6 Å². The van der Waals surface area contributed by atoms with Gasteiger partial charge in [-0.25, -0.2) is 4.57 Å². The molecule has 1 aromatic heterocycles. The lowest BCUT2D eigenvalue weighted by Crippen LogP contribution is -2.62. The molecule has 0 saturated heterocycles. The second-order valence-corrected chi connectivity index (χ2v) is 18.2. The van der Waals surface area contributed by atoms with E-state index >= 15 is 0 Å². The van der Waals surface area contributed by atoms with Crippen LogP contribution in [-0.4, -0.2) is 35.4 Å². The largest absolute Gasteiger partial charge is 0.531 e. The van der Waals surface area contributed by atoms with Crippen LogP contribution < -0.4 is 0 Å². The number of phenols is 2. The molecule has 0 spiro atoms. The summed E-state index contributed by atoms with van der Waals surface area (Å²) in [5.41, 5.74) is 4.96. The van der Waals surface area contributed by atoms with E-state index < -0.39 is 19.2 Å². The number of aromatic nitrogens is 1. The van der Waals surface area contributed by atoms with E-state index in [2.05, 4.69) is 63.2 Å². The molecule has 0 bridgehead atoms. The smallest absolute Gasteiger partial charge is 0.504 e. The topological polar surface area (TPSA) is 118 Å². The van der Waals surface area contributed by atoms with Crippen LogP contribution in [0.25, 0.3) is 10.9 Å². The first kappa shape index (κ1) is 33.4. The monoisotopic (exact) mass is 675 g/mol. The quantitative estimate of drug-likeness (QED) is 0.140. The van der Waals surface area contributed by atoms with Crippen molar-refractivity contribution in [3.63, 3.8) is 0 Å². The van der Waals surface area contributed by atoms with Gasteiger partial charge >= 0.3 is 13.8 Å². The number of hydrogen-bond donors (Lipinski definition) is 3. The molecule has 3 fully saturated rings. The fraction of sp³-hybridized carbons (Fsp3) is 0.564. The molecular weight excluding hydrogens is 625 g/mol. The molecule has 8 nitrogen and oxygen atoms in total. The lowest BCUT2D eigenvalue weighted by Gasteiger charge is -2.70. The van der Waals surface area contributed by atoms with Crippen molar-refractivity contribution < 1.29 is 33.1 Å². The van der Waals surface area contributed by atoms with Crippen molar-refractivity contribution in [1.29, 1.82) is 0 Å². The Morgan fingerprint density at radius 3 is 2.35 bits per heavy atom. The van der Waals surface area contributed by atoms with Crippen molar-refractivity contribution in [2.45, 2.75) is 97.8 Å². The predicted octanol–water partition coefficient (Wildman–Crippen LogP) is 9.57. The van der Waals surface area contributed by atoms with E-state index in [0.29, 0.717) is 12.8 Å². The molecule has 0 unspecified atom stereocenters. The number of phosphoric acid groups is 1. The van der Waals surface area contributed by atoms with Crippen LogP contribution in [0.1, 0.15) is 108 Å². The van der Waals surface area contributed by atoms with Crippen molar-refractivity contribution >= 4 is 24.7 Å². The Morgan fingerprint density at radius 2 is 1.65 bits per heavy atom. The zero-order chi connectivity index (χ0) is 34.7. The van der Waals surface area contributed by atoms with Gasteiger partial charge in [0.05, 0.1) is 5.41 Å². The molecule has 9 heteroatoms. The molecule has 258 valence electrons. The summed E-state index contributed by atoms with van der Waals surface area (Å²) in [6.45, 7) is 13.5. The van der Waals surface area contributed by atoms with Crippen molar-refractivity contribution in [3.8, 4) is 11.5 Å². The molecule has 4 aliphatic rings. The van der Waals surface area contributed by atoms with Crippen LogP contribution in [0.2, 0.25) is 0 Å². The van der Waals surface area contributed by atoms with Gasteiger partial charge in [0.15, 0.2) is 11.5 Å². The van der Waals surface area contributed by atoms with Gasteiger partial charge in [-0.2, -0.15) is 0 Å². The Labute approximate surface area is 283 Å². The number of phenolic OH excluding ortho intramolecular Hbond substituents is 2. The highest BCUT2D eigenvalue weighted by Gasteiger charge is 2.67. The highest BCUT2D eigenvalue weighted by Crippen LogP contribution is 2.75. The van der Waals surface area contributed by atoms with Crippen molar-refractivity contribution in [2.75, 3.05) is 14.2 Å². The molecule has 3 N–H and O–H groups in total. The van der Waals surface area contributed by atoms with Crippen LogP contribution in [0.3, 0.4) is 0 Å². The number of carbonyl (C=O) groups is 1. The van der Waals surface area contributed by atoms with Gasteiger partial charge < -0.3 is 19.7 Å². The number of H-pyrrole nitrogens is 1. The Bertz CT molecular complexity index is 1910. The summed E-state index contributed by atoms with van der Waals surface area (Å²) in [6.07, 6.45) is 10.6. The minimum Gasteiger partial charge on any atom is -0.504 e. The average molecular weight is 676 g/mol. The molecule has 2 aromatic carbocycles. The van der Waals surface area contributed by atoms with Gasteiger partial charge in [0.1, 0.15) is 0 Å². The minimum absolute atomic E-state index is 0.0397. The number of nitrogens with one attached hydrogen (secondary N) is 1. The average Bonchev–Trinajstić information content (AvgIpc) is 3.50. The maximum absolute atomic E-state index is 13.8. The van der Waals surface area contributed by atoms with Gasteiger partial charge in [-0.3, -0.25) is 13.8 Å². The summed E-state index contributed by atoms with van der Waals surface area (Å²) in [4.78, 5) is 17.2. The van der Waals surface area contributed by atoms with Gasteiger partial charge in [-0.05, 0) is 115 Å². The molecule has 1 heterocycles.